The predicted octanol–water partition coefficient (Wildman–Crippen LogP) is 2.52. The van der Waals surface area contributed by atoms with E-state index in [9.17, 15) is 0 Å². The highest BCUT2D eigenvalue weighted by Gasteiger charge is 2.41. The normalized spacial score (nSPS) is 12.4. The van der Waals surface area contributed by atoms with Gasteiger partial charge < -0.3 is 0 Å². The van der Waals surface area contributed by atoms with E-state index in [1.54, 1.807) is 24.9 Å². The molecule has 0 amide bonds. The minimum absolute atomic E-state index is 0.161. The van der Waals surface area contributed by atoms with Crippen LogP contribution in [0.3, 0.4) is 0 Å². The molecule has 18 heavy (non-hydrogen) atoms. The van der Waals surface area contributed by atoms with Crippen LogP contribution in [-0.2, 0) is 10.8 Å². The van der Waals surface area contributed by atoms with Crippen molar-refractivity contribution >= 4 is 0 Å². The Morgan fingerprint density at radius 3 is 2.06 bits per heavy atom. The molecule has 0 N–H and O–H groups in total. The summed E-state index contributed by atoms with van der Waals surface area (Å²) in [5, 5.41) is 0. The maximum absolute atomic E-state index is 4.44. The smallest absolute Gasteiger partial charge is 0.115 e. The Labute approximate surface area is 108 Å². The summed E-state index contributed by atoms with van der Waals surface area (Å²) in [4.78, 5) is 17.0. The van der Waals surface area contributed by atoms with Gasteiger partial charge in [-0.2, -0.15) is 0 Å². The number of rotatable bonds is 3. The molecule has 4 nitrogen and oxygen atoms in total. The zero-order valence-corrected chi connectivity index (χ0v) is 11.3. The molecule has 2 aromatic heterocycles. The van der Waals surface area contributed by atoms with E-state index in [1.165, 1.54) is 0 Å². The summed E-state index contributed by atoms with van der Waals surface area (Å²) in [6.45, 7) is 8.67. The van der Waals surface area contributed by atoms with Gasteiger partial charge >= 0.3 is 0 Å². The van der Waals surface area contributed by atoms with Gasteiger partial charge in [0.15, 0.2) is 0 Å². The van der Waals surface area contributed by atoms with Gasteiger partial charge in [-0.05, 0) is 6.07 Å². The molecule has 0 aliphatic rings. The lowest BCUT2D eigenvalue weighted by molar-refractivity contribution is 0.287. The highest BCUT2D eigenvalue weighted by molar-refractivity contribution is 5.26. The number of aromatic nitrogens is 4. The molecule has 2 heterocycles. The van der Waals surface area contributed by atoms with Crippen LogP contribution in [0.25, 0.3) is 0 Å². The van der Waals surface area contributed by atoms with Gasteiger partial charge in [-0.1, -0.05) is 27.7 Å². The Kier molecular flexibility index (Phi) is 3.11. The third-order valence-corrected chi connectivity index (χ3v) is 3.99. The third kappa shape index (κ3) is 1.98. The van der Waals surface area contributed by atoms with E-state index in [2.05, 4.69) is 47.6 Å². The molecule has 94 valence electrons. The van der Waals surface area contributed by atoms with Crippen LogP contribution < -0.4 is 0 Å². The molecule has 0 bridgehead atoms. The van der Waals surface area contributed by atoms with Gasteiger partial charge in [0.25, 0.3) is 0 Å². The molecular formula is C14H18N4. The highest BCUT2D eigenvalue weighted by atomic mass is 14.8. The van der Waals surface area contributed by atoms with E-state index < -0.39 is 0 Å². The standard InChI is InChI=1S/C14H18N4/c1-13(2,11-5-6-16-10-18-11)14(3,4)12-9-15-7-8-17-12/h5-10H,1-4H3. The topological polar surface area (TPSA) is 51.6 Å². The summed E-state index contributed by atoms with van der Waals surface area (Å²) in [6.07, 6.45) is 8.61. The van der Waals surface area contributed by atoms with Crippen LogP contribution in [0.2, 0.25) is 0 Å². The Balaban J connectivity index is 2.47. The second-order valence-electron chi connectivity index (χ2n) is 5.44. The van der Waals surface area contributed by atoms with Gasteiger partial charge in [-0.3, -0.25) is 9.97 Å². The van der Waals surface area contributed by atoms with Crippen LogP contribution >= 0.6 is 0 Å². The predicted molar refractivity (Wildman–Crippen MR) is 70.1 cm³/mol. The molecule has 0 spiro atoms. The minimum atomic E-state index is -0.171. The fourth-order valence-electron chi connectivity index (χ4n) is 1.92. The molecule has 0 saturated carbocycles. The van der Waals surface area contributed by atoms with Crippen molar-refractivity contribution in [3.8, 4) is 0 Å². The lowest BCUT2D eigenvalue weighted by Gasteiger charge is -2.40. The van der Waals surface area contributed by atoms with E-state index in [4.69, 9.17) is 0 Å². The van der Waals surface area contributed by atoms with E-state index in [-0.39, 0.29) is 10.8 Å². The third-order valence-electron chi connectivity index (χ3n) is 3.99. The molecule has 0 radical (unpaired) electrons. The molecule has 4 heteroatoms. The summed E-state index contributed by atoms with van der Waals surface area (Å²) < 4.78 is 0. The van der Waals surface area contributed by atoms with Crippen LogP contribution in [-0.4, -0.2) is 19.9 Å². The van der Waals surface area contributed by atoms with Crippen molar-refractivity contribution in [1.82, 2.24) is 19.9 Å². The summed E-state index contributed by atoms with van der Waals surface area (Å²) >= 11 is 0. The van der Waals surface area contributed by atoms with Crippen molar-refractivity contribution in [2.45, 2.75) is 38.5 Å². The van der Waals surface area contributed by atoms with Gasteiger partial charge in [0.2, 0.25) is 0 Å². The maximum atomic E-state index is 4.44. The van der Waals surface area contributed by atoms with Gasteiger partial charge in [-0.25, -0.2) is 9.97 Å². The van der Waals surface area contributed by atoms with Crippen LogP contribution in [0.4, 0.5) is 0 Å². The average molecular weight is 242 g/mol. The molecule has 0 aliphatic carbocycles. The quantitative estimate of drug-likeness (QED) is 0.830. The summed E-state index contributed by atoms with van der Waals surface area (Å²) in [7, 11) is 0. The molecule has 2 rings (SSSR count). The van der Waals surface area contributed by atoms with Gasteiger partial charge in [-0.15, -0.1) is 0 Å². The monoisotopic (exact) mass is 242 g/mol. The summed E-state index contributed by atoms with van der Waals surface area (Å²) in [5.74, 6) is 0. The molecule has 0 atom stereocenters. The molecule has 0 aliphatic heterocycles. The van der Waals surface area contributed by atoms with Crippen molar-refractivity contribution in [2.75, 3.05) is 0 Å². The number of hydrogen-bond acceptors (Lipinski definition) is 4. The van der Waals surface area contributed by atoms with Gasteiger partial charge in [0.05, 0.1) is 11.4 Å². The van der Waals surface area contributed by atoms with E-state index >= 15 is 0 Å². The first-order chi connectivity index (χ1) is 8.46. The number of nitrogens with zero attached hydrogens (tertiary/aromatic N) is 4. The second-order valence-corrected chi connectivity index (χ2v) is 5.44. The fraction of sp³-hybridized carbons (Fsp3) is 0.429. The zero-order valence-electron chi connectivity index (χ0n) is 11.3. The van der Waals surface area contributed by atoms with Gasteiger partial charge in [0.1, 0.15) is 6.33 Å². The zero-order chi connectivity index (χ0) is 13.2. The van der Waals surface area contributed by atoms with Crippen molar-refractivity contribution in [2.24, 2.45) is 0 Å². The van der Waals surface area contributed by atoms with E-state index in [0.717, 1.165) is 11.4 Å². The maximum Gasteiger partial charge on any atom is 0.115 e. The second kappa shape index (κ2) is 4.44. The van der Waals surface area contributed by atoms with Crippen LogP contribution in [0, 0.1) is 0 Å². The Hall–Kier alpha value is -1.84. The Bertz CT molecular complexity index is 456. The minimum Gasteiger partial charge on any atom is -0.261 e. The van der Waals surface area contributed by atoms with Crippen molar-refractivity contribution in [3.05, 3.63) is 48.6 Å². The Morgan fingerprint density at radius 2 is 1.50 bits per heavy atom. The fourth-order valence-corrected chi connectivity index (χ4v) is 1.92. The summed E-state index contributed by atoms with van der Waals surface area (Å²) in [6, 6.07) is 1.96. The van der Waals surface area contributed by atoms with Crippen molar-refractivity contribution in [1.29, 1.82) is 0 Å². The molecule has 2 aromatic rings. The lowest BCUT2D eigenvalue weighted by atomic mass is 9.64. The lowest BCUT2D eigenvalue weighted by Crippen LogP contribution is -2.41. The SMILES string of the molecule is CC(C)(c1ccncn1)C(C)(C)c1cnccn1. The first kappa shape index (κ1) is 12.6. The van der Waals surface area contributed by atoms with E-state index in [0.29, 0.717) is 0 Å². The first-order valence-electron chi connectivity index (χ1n) is 5.99. The van der Waals surface area contributed by atoms with Crippen molar-refractivity contribution < 1.29 is 0 Å². The largest absolute Gasteiger partial charge is 0.261 e. The van der Waals surface area contributed by atoms with Gasteiger partial charge in [0, 0.05) is 35.6 Å². The molecule has 0 saturated heterocycles. The van der Waals surface area contributed by atoms with Crippen LogP contribution in [0.1, 0.15) is 39.1 Å². The molecular weight excluding hydrogens is 224 g/mol. The summed E-state index contributed by atoms with van der Waals surface area (Å²) in [5.41, 5.74) is 1.64. The molecule has 0 aromatic carbocycles. The molecule has 0 unspecified atom stereocenters. The van der Waals surface area contributed by atoms with Crippen LogP contribution in [0.15, 0.2) is 37.2 Å². The van der Waals surface area contributed by atoms with Crippen molar-refractivity contribution in [3.63, 3.8) is 0 Å². The molecule has 0 fully saturated rings. The van der Waals surface area contributed by atoms with E-state index in [1.807, 2.05) is 12.3 Å². The average Bonchev–Trinajstić information content (AvgIpc) is 2.40. The highest BCUT2D eigenvalue weighted by Crippen LogP contribution is 2.41. The Morgan fingerprint density at radius 1 is 0.778 bits per heavy atom. The number of hydrogen-bond donors (Lipinski definition) is 0. The van der Waals surface area contributed by atoms with Crippen LogP contribution in [0.5, 0.6) is 0 Å². The first-order valence-corrected chi connectivity index (χ1v) is 5.99.